The van der Waals surface area contributed by atoms with Gasteiger partial charge in [-0.1, -0.05) is 23.3 Å². The van der Waals surface area contributed by atoms with Gasteiger partial charge in [0.25, 0.3) is 5.91 Å². The lowest BCUT2D eigenvalue weighted by Crippen LogP contribution is -2.17. The highest BCUT2D eigenvalue weighted by atomic mass is 32.1. The number of benzene rings is 2. The first-order valence-electron chi connectivity index (χ1n) is 7.18. The molecule has 126 valence electrons. The molecule has 3 rings (SSSR count). The number of hydrogen-bond acceptors (Lipinski definition) is 3. The van der Waals surface area contributed by atoms with Gasteiger partial charge in [-0.2, -0.15) is 4.99 Å². The van der Waals surface area contributed by atoms with Crippen molar-refractivity contribution in [2.45, 2.75) is 6.54 Å². The van der Waals surface area contributed by atoms with Gasteiger partial charge in [0.2, 0.25) is 0 Å². The van der Waals surface area contributed by atoms with Crippen molar-refractivity contribution in [3.8, 4) is 18.1 Å². The van der Waals surface area contributed by atoms with Crippen LogP contribution in [0.1, 0.15) is 10.4 Å². The minimum Gasteiger partial charge on any atom is -0.497 e. The van der Waals surface area contributed by atoms with Crippen LogP contribution in [0.3, 0.4) is 0 Å². The molecule has 0 N–H and O–H groups in total. The Morgan fingerprint density at radius 3 is 2.88 bits per heavy atom. The van der Waals surface area contributed by atoms with Gasteiger partial charge in [0.1, 0.15) is 11.6 Å². The summed E-state index contributed by atoms with van der Waals surface area (Å²) in [5.74, 6) is 0.922. The maximum atomic E-state index is 14.1. The van der Waals surface area contributed by atoms with Crippen LogP contribution in [0, 0.1) is 24.0 Å². The number of amides is 1. The second-order valence-corrected chi connectivity index (χ2v) is 6.07. The first kappa shape index (κ1) is 16.9. The summed E-state index contributed by atoms with van der Waals surface area (Å²) in [4.78, 5) is 16.7. The molecule has 0 saturated heterocycles. The van der Waals surface area contributed by atoms with Gasteiger partial charge >= 0.3 is 0 Å². The number of hydrogen-bond donors (Lipinski definition) is 0. The van der Waals surface area contributed by atoms with Crippen LogP contribution in [-0.4, -0.2) is 17.6 Å². The van der Waals surface area contributed by atoms with E-state index >= 15 is 0 Å². The number of halogens is 2. The summed E-state index contributed by atoms with van der Waals surface area (Å²) < 4.78 is 34.4. The van der Waals surface area contributed by atoms with Crippen LogP contribution in [0.5, 0.6) is 5.75 Å². The first-order chi connectivity index (χ1) is 12.0. The zero-order valence-corrected chi connectivity index (χ0v) is 13.9. The Hall–Kier alpha value is -2.98. The number of thiazole rings is 1. The number of aromatic nitrogens is 1. The van der Waals surface area contributed by atoms with E-state index in [4.69, 9.17) is 11.2 Å². The second-order valence-electron chi connectivity index (χ2n) is 5.06. The van der Waals surface area contributed by atoms with Crippen molar-refractivity contribution in [2.24, 2.45) is 4.99 Å². The standard InChI is InChI=1S/C18H12F2N2O2S/c1-3-7-22-16-14(20)9-12(19)10-15(16)25-18(22)21-17(23)11-5-4-6-13(8-11)24-2/h1,4-6,8-10H,7H2,2H3. The van der Waals surface area contributed by atoms with Crippen LogP contribution >= 0.6 is 11.3 Å². The van der Waals surface area contributed by atoms with Gasteiger partial charge < -0.3 is 9.30 Å². The number of fused-ring (bicyclic) bond motifs is 1. The van der Waals surface area contributed by atoms with Crippen LogP contribution in [0.25, 0.3) is 10.2 Å². The van der Waals surface area contributed by atoms with E-state index in [0.29, 0.717) is 16.0 Å². The SMILES string of the molecule is C#CCn1c(=NC(=O)c2cccc(OC)c2)sc2cc(F)cc(F)c21. The molecule has 25 heavy (non-hydrogen) atoms. The Labute approximate surface area is 146 Å². The lowest BCUT2D eigenvalue weighted by Gasteiger charge is -2.02. The summed E-state index contributed by atoms with van der Waals surface area (Å²) in [5.41, 5.74) is 0.442. The molecule has 0 spiro atoms. The molecule has 3 aromatic rings. The number of ether oxygens (including phenoxy) is 1. The summed E-state index contributed by atoms with van der Waals surface area (Å²) >= 11 is 0.994. The third kappa shape index (κ3) is 3.30. The quantitative estimate of drug-likeness (QED) is 0.674. The Morgan fingerprint density at radius 1 is 1.36 bits per heavy atom. The van der Waals surface area contributed by atoms with Crippen molar-refractivity contribution < 1.29 is 18.3 Å². The van der Waals surface area contributed by atoms with Crippen LogP contribution in [0.15, 0.2) is 41.4 Å². The van der Waals surface area contributed by atoms with Gasteiger partial charge in [-0.3, -0.25) is 4.79 Å². The Morgan fingerprint density at radius 2 is 2.16 bits per heavy atom. The molecular weight excluding hydrogens is 346 g/mol. The van der Waals surface area contributed by atoms with Gasteiger partial charge in [-0.15, -0.1) is 6.42 Å². The average molecular weight is 358 g/mol. The van der Waals surface area contributed by atoms with E-state index in [1.165, 1.54) is 17.7 Å². The lowest BCUT2D eigenvalue weighted by molar-refractivity contribution is 0.0997. The number of carbonyl (C=O) groups is 1. The molecule has 0 fully saturated rings. The predicted octanol–water partition coefficient (Wildman–Crippen LogP) is 3.36. The van der Waals surface area contributed by atoms with Gasteiger partial charge in [0, 0.05) is 11.6 Å². The molecule has 0 bridgehead atoms. The summed E-state index contributed by atoms with van der Waals surface area (Å²) in [6.45, 7) is 0.00672. The van der Waals surface area contributed by atoms with E-state index in [1.807, 2.05) is 0 Å². The van der Waals surface area contributed by atoms with Gasteiger partial charge in [0.05, 0.1) is 23.9 Å². The zero-order valence-electron chi connectivity index (χ0n) is 13.1. The van der Waals surface area contributed by atoms with E-state index in [0.717, 1.165) is 17.4 Å². The third-order valence-electron chi connectivity index (χ3n) is 3.46. The summed E-state index contributed by atoms with van der Waals surface area (Å²) in [6, 6.07) is 8.46. The molecular formula is C18H12F2N2O2S. The molecule has 0 aliphatic carbocycles. The van der Waals surface area contributed by atoms with E-state index in [9.17, 15) is 13.6 Å². The number of methoxy groups -OCH3 is 1. The number of carbonyl (C=O) groups excluding carboxylic acids is 1. The molecule has 1 heterocycles. The Kier molecular flexibility index (Phi) is 4.63. The molecule has 0 saturated carbocycles. The highest BCUT2D eigenvalue weighted by Gasteiger charge is 2.14. The fraction of sp³-hybridized carbons (Fsp3) is 0.111. The van der Waals surface area contributed by atoms with Crippen molar-refractivity contribution >= 4 is 27.5 Å². The number of rotatable bonds is 3. The van der Waals surface area contributed by atoms with Crippen LogP contribution in [0.2, 0.25) is 0 Å². The minimum absolute atomic E-state index is 0.00672. The fourth-order valence-corrected chi connectivity index (χ4v) is 3.43. The minimum atomic E-state index is -0.753. The topological polar surface area (TPSA) is 43.6 Å². The molecule has 4 nitrogen and oxygen atoms in total. The Balaban J connectivity index is 2.18. The van der Waals surface area contributed by atoms with Crippen molar-refractivity contribution in [3.63, 3.8) is 0 Å². The molecule has 0 aliphatic heterocycles. The molecule has 1 amide bonds. The van der Waals surface area contributed by atoms with E-state index in [-0.39, 0.29) is 16.9 Å². The van der Waals surface area contributed by atoms with Gasteiger partial charge in [-0.05, 0) is 24.3 Å². The summed E-state index contributed by atoms with van der Waals surface area (Å²) in [7, 11) is 1.49. The largest absolute Gasteiger partial charge is 0.497 e. The smallest absolute Gasteiger partial charge is 0.279 e. The third-order valence-corrected chi connectivity index (χ3v) is 4.48. The molecule has 2 aromatic carbocycles. The Bertz CT molecular complexity index is 1080. The molecule has 0 unspecified atom stereocenters. The molecule has 0 aliphatic rings. The average Bonchev–Trinajstić information content (AvgIpc) is 2.92. The number of nitrogens with zero attached hydrogens (tertiary/aromatic N) is 2. The van der Waals surface area contributed by atoms with Crippen LogP contribution in [0.4, 0.5) is 8.78 Å². The highest BCUT2D eigenvalue weighted by molar-refractivity contribution is 7.16. The van der Waals surface area contributed by atoms with E-state index in [1.54, 1.807) is 24.3 Å². The maximum absolute atomic E-state index is 14.1. The van der Waals surface area contributed by atoms with Gasteiger partial charge in [0.15, 0.2) is 10.6 Å². The number of terminal acetylenes is 1. The second kappa shape index (κ2) is 6.87. The fourth-order valence-electron chi connectivity index (χ4n) is 2.36. The first-order valence-corrected chi connectivity index (χ1v) is 8.00. The summed E-state index contributed by atoms with van der Waals surface area (Å²) in [6.07, 6.45) is 5.33. The van der Waals surface area contributed by atoms with Crippen molar-refractivity contribution in [2.75, 3.05) is 7.11 Å². The molecule has 0 atom stereocenters. The van der Waals surface area contributed by atoms with E-state index in [2.05, 4.69) is 10.9 Å². The van der Waals surface area contributed by atoms with Crippen LogP contribution < -0.4 is 9.54 Å². The molecule has 0 radical (unpaired) electrons. The zero-order chi connectivity index (χ0) is 18.0. The molecule has 1 aromatic heterocycles. The van der Waals surface area contributed by atoms with Crippen molar-refractivity contribution in [3.05, 3.63) is 58.4 Å². The lowest BCUT2D eigenvalue weighted by atomic mass is 10.2. The van der Waals surface area contributed by atoms with Crippen molar-refractivity contribution in [1.82, 2.24) is 4.57 Å². The van der Waals surface area contributed by atoms with Crippen LogP contribution in [-0.2, 0) is 6.54 Å². The highest BCUT2D eigenvalue weighted by Crippen LogP contribution is 2.22. The maximum Gasteiger partial charge on any atom is 0.279 e. The normalized spacial score (nSPS) is 11.5. The van der Waals surface area contributed by atoms with Gasteiger partial charge in [-0.25, -0.2) is 8.78 Å². The predicted molar refractivity (Wildman–Crippen MR) is 91.5 cm³/mol. The monoisotopic (exact) mass is 358 g/mol. The molecule has 7 heteroatoms. The van der Waals surface area contributed by atoms with Crippen molar-refractivity contribution in [1.29, 1.82) is 0 Å². The van der Waals surface area contributed by atoms with E-state index < -0.39 is 17.5 Å². The summed E-state index contributed by atoms with van der Waals surface area (Å²) in [5, 5.41) is 0.